The van der Waals surface area contributed by atoms with Gasteiger partial charge in [0.2, 0.25) is 5.91 Å². The molecule has 0 bridgehead atoms. The van der Waals surface area contributed by atoms with E-state index in [9.17, 15) is 9.59 Å². The second-order valence-corrected chi connectivity index (χ2v) is 6.00. The van der Waals surface area contributed by atoms with Gasteiger partial charge in [0.15, 0.2) is 0 Å². The Balaban J connectivity index is 1.61. The van der Waals surface area contributed by atoms with Crippen LogP contribution in [0.25, 0.3) is 0 Å². The van der Waals surface area contributed by atoms with Crippen molar-refractivity contribution in [1.82, 2.24) is 4.90 Å². The van der Waals surface area contributed by atoms with Gasteiger partial charge in [-0.25, -0.2) is 0 Å². The lowest BCUT2D eigenvalue weighted by Crippen LogP contribution is -2.40. The number of carbonyl (C=O) groups is 2. The zero-order valence-electron chi connectivity index (χ0n) is 13.2. The van der Waals surface area contributed by atoms with Gasteiger partial charge < -0.3 is 15.0 Å². The first-order valence-corrected chi connectivity index (χ1v) is 8.16. The summed E-state index contributed by atoms with van der Waals surface area (Å²) in [7, 11) is 0. The normalized spacial score (nSPS) is 20.5. The average Bonchev–Trinajstić information content (AvgIpc) is 3.08. The van der Waals surface area contributed by atoms with Gasteiger partial charge in [0, 0.05) is 30.8 Å². The van der Waals surface area contributed by atoms with Gasteiger partial charge in [-0.3, -0.25) is 9.59 Å². The van der Waals surface area contributed by atoms with Gasteiger partial charge >= 0.3 is 0 Å². The first-order chi connectivity index (χ1) is 11.2. The van der Waals surface area contributed by atoms with Gasteiger partial charge in [0.05, 0.1) is 13.2 Å². The van der Waals surface area contributed by atoms with Gasteiger partial charge in [0.1, 0.15) is 0 Å². The maximum Gasteiger partial charge on any atom is 0.254 e. The molecule has 1 atom stereocenters. The van der Waals surface area contributed by atoms with E-state index in [-0.39, 0.29) is 11.8 Å². The average molecular weight is 314 g/mol. The topological polar surface area (TPSA) is 58.6 Å². The number of nitrogens with one attached hydrogen (secondary N) is 1. The summed E-state index contributed by atoms with van der Waals surface area (Å²) in [4.78, 5) is 26.3. The number of hydrogen-bond donors (Lipinski definition) is 1. The minimum Gasteiger partial charge on any atom is -0.378 e. The molecule has 23 heavy (non-hydrogen) atoms. The molecule has 3 rings (SSSR count). The number of amides is 2. The summed E-state index contributed by atoms with van der Waals surface area (Å²) < 4.78 is 5.27. The lowest BCUT2D eigenvalue weighted by atomic mass is 10.0. The molecule has 1 aromatic rings. The highest BCUT2D eigenvalue weighted by molar-refractivity contribution is 5.97. The summed E-state index contributed by atoms with van der Waals surface area (Å²) in [6.07, 6.45) is 6.83. The second kappa shape index (κ2) is 7.42. The Morgan fingerprint density at radius 1 is 1.26 bits per heavy atom. The Hall–Kier alpha value is -2.14. The molecular weight excluding hydrogens is 292 g/mol. The van der Waals surface area contributed by atoms with Crippen LogP contribution >= 0.6 is 0 Å². The number of allylic oxidation sites excluding steroid dienone is 2. The minimum absolute atomic E-state index is 0.00229. The molecule has 0 saturated carbocycles. The fourth-order valence-corrected chi connectivity index (χ4v) is 2.99. The maximum absolute atomic E-state index is 12.5. The monoisotopic (exact) mass is 314 g/mol. The van der Waals surface area contributed by atoms with Gasteiger partial charge in [-0.05, 0) is 37.0 Å². The zero-order chi connectivity index (χ0) is 16.1. The molecule has 0 spiro atoms. The van der Waals surface area contributed by atoms with E-state index in [1.165, 1.54) is 0 Å². The summed E-state index contributed by atoms with van der Waals surface area (Å²) >= 11 is 0. The van der Waals surface area contributed by atoms with Crippen LogP contribution in [0.3, 0.4) is 0 Å². The molecule has 1 heterocycles. The molecule has 1 aliphatic carbocycles. The second-order valence-electron chi connectivity index (χ2n) is 6.00. The Kier molecular flexibility index (Phi) is 5.08. The number of ether oxygens (including phenoxy) is 1. The van der Waals surface area contributed by atoms with Crippen LogP contribution in [0.1, 0.15) is 29.6 Å². The van der Waals surface area contributed by atoms with E-state index >= 15 is 0 Å². The van der Waals surface area contributed by atoms with Gasteiger partial charge in [-0.1, -0.05) is 18.2 Å². The van der Waals surface area contributed by atoms with Crippen LogP contribution in [0.5, 0.6) is 0 Å². The van der Waals surface area contributed by atoms with E-state index in [1.54, 1.807) is 23.1 Å². The van der Waals surface area contributed by atoms with Crippen LogP contribution in [-0.4, -0.2) is 43.0 Å². The van der Waals surface area contributed by atoms with Crippen LogP contribution in [0.2, 0.25) is 0 Å². The molecule has 5 nitrogen and oxygen atoms in total. The lowest BCUT2D eigenvalue weighted by Gasteiger charge is -2.27. The van der Waals surface area contributed by atoms with Crippen molar-refractivity contribution >= 4 is 17.5 Å². The Labute approximate surface area is 136 Å². The Morgan fingerprint density at radius 3 is 2.83 bits per heavy atom. The number of nitrogens with zero attached hydrogens (tertiary/aromatic N) is 1. The maximum atomic E-state index is 12.5. The number of anilines is 1. The fourth-order valence-electron chi connectivity index (χ4n) is 2.99. The molecular formula is C18H22N2O3. The summed E-state index contributed by atoms with van der Waals surface area (Å²) in [5.41, 5.74) is 1.28. The van der Waals surface area contributed by atoms with Crippen LogP contribution < -0.4 is 5.32 Å². The largest absolute Gasteiger partial charge is 0.378 e. The fraction of sp³-hybridized carbons (Fsp3) is 0.444. The molecule has 122 valence electrons. The third kappa shape index (κ3) is 4.20. The first kappa shape index (κ1) is 15.7. The molecule has 1 fully saturated rings. The van der Waals surface area contributed by atoms with E-state index in [1.807, 2.05) is 6.07 Å². The van der Waals surface area contributed by atoms with Crippen molar-refractivity contribution < 1.29 is 14.3 Å². The predicted octanol–water partition coefficient (Wildman–Crippen LogP) is 2.45. The molecule has 0 radical (unpaired) electrons. The Bertz CT molecular complexity index is 606. The molecule has 2 amide bonds. The Morgan fingerprint density at radius 2 is 2.09 bits per heavy atom. The third-order valence-corrected chi connectivity index (χ3v) is 4.25. The van der Waals surface area contributed by atoms with Crippen molar-refractivity contribution in [3.8, 4) is 0 Å². The van der Waals surface area contributed by atoms with Crippen molar-refractivity contribution in [2.75, 3.05) is 31.6 Å². The molecule has 1 aromatic carbocycles. The summed E-state index contributed by atoms with van der Waals surface area (Å²) in [6, 6.07) is 7.16. The number of rotatable bonds is 4. The van der Waals surface area contributed by atoms with Crippen molar-refractivity contribution in [1.29, 1.82) is 0 Å². The molecule has 1 saturated heterocycles. The molecule has 1 N–H and O–H groups in total. The number of carbonyl (C=O) groups excluding carboxylic acids is 2. The van der Waals surface area contributed by atoms with Gasteiger partial charge in [-0.2, -0.15) is 0 Å². The number of morpholine rings is 1. The van der Waals surface area contributed by atoms with Crippen LogP contribution in [-0.2, 0) is 9.53 Å². The molecule has 2 aliphatic rings. The van der Waals surface area contributed by atoms with E-state index in [4.69, 9.17) is 4.74 Å². The number of benzene rings is 1. The van der Waals surface area contributed by atoms with Crippen molar-refractivity contribution in [3.05, 3.63) is 42.0 Å². The van der Waals surface area contributed by atoms with Crippen LogP contribution in [0.15, 0.2) is 36.4 Å². The minimum atomic E-state index is -0.0110. The van der Waals surface area contributed by atoms with Crippen molar-refractivity contribution in [2.45, 2.75) is 19.3 Å². The summed E-state index contributed by atoms with van der Waals surface area (Å²) in [6.45, 7) is 2.39. The SMILES string of the molecule is O=C(C[C@H]1C=CCC1)Nc1cccc(C(=O)N2CCOCC2)c1. The molecule has 1 aliphatic heterocycles. The van der Waals surface area contributed by atoms with Gasteiger partial charge in [0.25, 0.3) is 5.91 Å². The van der Waals surface area contributed by atoms with E-state index < -0.39 is 0 Å². The quantitative estimate of drug-likeness (QED) is 0.869. The first-order valence-electron chi connectivity index (χ1n) is 8.16. The highest BCUT2D eigenvalue weighted by Gasteiger charge is 2.19. The zero-order valence-corrected chi connectivity index (χ0v) is 13.2. The third-order valence-electron chi connectivity index (χ3n) is 4.25. The predicted molar refractivity (Wildman–Crippen MR) is 88.3 cm³/mol. The smallest absolute Gasteiger partial charge is 0.254 e. The summed E-state index contributed by atoms with van der Waals surface area (Å²) in [5, 5.41) is 2.90. The summed E-state index contributed by atoms with van der Waals surface area (Å²) in [5.74, 6) is 0.328. The van der Waals surface area contributed by atoms with E-state index in [0.717, 1.165) is 12.8 Å². The highest BCUT2D eigenvalue weighted by atomic mass is 16.5. The van der Waals surface area contributed by atoms with Crippen molar-refractivity contribution in [3.63, 3.8) is 0 Å². The van der Waals surface area contributed by atoms with Gasteiger partial charge in [-0.15, -0.1) is 0 Å². The van der Waals surface area contributed by atoms with E-state index in [2.05, 4.69) is 17.5 Å². The highest BCUT2D eigenvalue weighted by Crippen LogP contribution is 2.21. The van der Waals surface area contributed by atoms with E-state index in [0.29, 0.717) is 49.9 Å². The molecule has 0 aromatic heterocycles. The van der Waals surface area contributed by atoms with Crippen LogP contribution in [0.4, 0.5) is 5.69 Å². The molecule has 5 heteroatoms. The molecule has 0 unspecified atom stereocenters. The lowest BCUT2D eigenvalue weighted by molar-refractivity contribution is -0.116. The number of hydrogen-bond acceptors (Lipinski definition) is 3. The van der Waals surface area contributed by atoms with Crippen molar-refractivity contribution in [2.24, 2.45) is 5.92 Å². The van der Waals surface area contributed by atoms with Crippen LogP contribution in [0, 0.1) is 5.92 Å². The standard InChI is InChI=1S/C18H22N2O3/c21-17(12-14-4-1-2-5-14)19-16-7-3-6-15(13-16)18(22)20-8-10-23-11-9-20/h1,3-4,6-7,13-14H,2,5,8-12H2,(H,19,21)/t14-/m0/s1.